The summed E-state index contributed by atoms with van der Waals surface area (Å²) < 4.78 is 2.41. The van der Waals surface area contributed by atoms with E-state index < -0.39 is 5.97 Å². The molecule has 148 valence electrons. The third-order valence-corrected chi connectivity index (χ3v) is 6.79. The highest BCUT2D eigenvalue weighted by atomic mass is 79.9. The average Bonchev–Trinajstić information content (AvgIpc) is 3.37. The number of rotatable bonds is 3. The Balaban J connectivity index is 1.59. The number of nitrogens with zero attached hydrogens (tertiary/aromatic N) is 3. The molecule has 4 N–H and O–H groups in total. The maximum Gasteiger partial charge on any atom is 0.306 e. The Bertz CT molecular complexity index is 1240. The second-order valence-corrected chi connectivity index (χ2v) is 8.45. The average molecular weight is 454 g/mol. The highest BCUT2D eigenvalue weighted by molar-refractivity contribution is 9.10. The first-order chi connectivity index (χ1) is 14.0. The van der Waals surface area contributed by atoms with Gasteiger partial charge in [0.1, 0.15) is 5.82 Å². The van der Waals surface area contributed by atoms with E-state index >= 15 is 0 Å². The van der Waals surface area contributed by atoms with Gasteiger partial charge in [-0.05, 0) is 70.8 Å². The molecule has 5 rings (SSSR count). The molecule has 0 radical (unpaired) electrons. The molecule has 0 amide bonds. The Morgan fingerprint density at radius 1 is 1.24 bits per heavy atom. The first kappa shape index (κ1) is 18.2. The van der Waals surface area contributed by atoms with Crippen LogP contribution >= 0.6 is 15.9 Å². The van der Waals surface area contributed by atoms with Gasteiger partial charge in [0.05, 0.1) is 22.3 Å². The third-order valence-electron chi connectivity index (χ3n) is 5.98. The van der Waals surface area contributed by atoms with E-state index in [0.29, 0.717) is 18.7 Å². The van der Waals surface area contributed by atoms with Gasteiger partial charge in [-0.25, -0.2) is 4.98 Å². The summed E-state index contributed by atoms with van der Waals surface area (Å²) in [6, 6.07) is 8.24. The van der Waals surface area contributed by atoms with E-state index in [1.807, 2.05) is 24.4 Å². The first-order valence-electron chi connectivity index (χ1n) is 9.66. The van der Waals surface area contributed by atoms with Crippen molar-refractivity contribution in [3.63, 3.8) is 0 Å². The van der Waals surface area contributed by atoms with E-state index in [9.17, 15) is 9.90 Å². The third kappa shape index (κ3) is 2.98. The number of carboxylic acids is 1. The number of carbonyl (C=O) groups is 1. The molecule has 7 nitrogen and oxygen atoms in total. The molecular formula is C21H20BrN5O2. The van der Waals surface area contributed by atoms with Crippen molar-refractivity contribution in [2.75, 3.05) is 5.73 Å². The Morgan fingerprint density at radius 3 is 2.79 bits per heavy atom. The summed E-state index contributed by atoms with van der Waals surface area (Å²) in [6.45, 7) is 0. The largest absolute Gasteiger partial charge is 0.481 e. The maximum absolute atomic E-state index is 11.3. The van der Waals surface area contributed by atoms with Gasteiger partial charge in [-0.15, -0.1) is 0 Å². The zero-order valence-electron chi connectivity index (χ0n) is 15.6. The van der Waals surface area contributed by atoms with Crippen LogP contribution in [0.15, 0.2) is 41.1 Å². The van der Waals surface area contributed by atoms with E-state index in [2.05, 4.69) is 32.1 Å². The monoisotopic (exact) mass is 453 g/mol. The fraction of sp³-hybridized carbons (Fsp3) is 0.286. The predicted octanol–water partition coefficient (Wildman–Crippen LogP) is 4.58. The Hall–Kier alpha value is -2.87. The van der Waals surface area contributed by atoms with Crippen LogP contribution in [-0.4, -0.2) is 30.7 Å². The zero-order chi connectivity index (χ0) is 20.1. The van der Waals surface area contributed by atoms with Crippen molar-refractivity contribution >= 4 is 44.3 Å². The molecule has 3 aromatic heterocycles. The molecule has 0 bridgehead atoms. The minimum Gasteiger partial charge on any atom is -0.481 e. The summed E-state index contributed by atoms with van der Waals surface area (Å²) in [7, 11) is 0. The maximum atomic E-state index is 11.3. The molecule has 29 heavy (non-hydrogen) atoms. The van der Waals surface area contributed by atoms with Gasteiger partial charge in [-0.1, -0.05) is 6.07 Å². The van der Waals surface area contributed by atoms with Crippen molar-refractivity contribution in [1.82, 2.24) is 19.6 Å². The fourth-order valence-electron chi connectivity index (χ4n) is 4.32. The summed E-state index contributed by atoms with van der Waals surface area (Å²) in [6.07, 6.45) is 6.62. The zero-order valence-corrected chi connectivity index (χ0v) is 17.2. The number of fused-ring (bicyclic) bond motifs is 2. The molecule has 3 heterocycles. The van der Waals surface area contributed by atoms with Crippen molar-refractivity contribution in [2.24, 2.45) is 5.92 Å². The number of nitrogen functional groups attached to an aromatic ring is 1. The van der Waals surface area contributed by atoms with Crippen molar-refractivity contribution in [3.8, 4) is 11.1 Å². The normalized spacial score (nSPS) is 19.8. The predicted molar refractivity (Wildman–Crippen MR) is 115 cm³/mol. The summed E-state index contributed by atoms with van der Waals surface area (Å²) >= 11 is 3.60. The van der Waals surface area contributed by atoms with Crippen molar-refractivity contribution in [1.29, 1.82) is 0 Å². The van der Waals surface area contributed by atoms with Crippen LogP contribution in [0.3, 0.4) is 0 Å². The molecule has 1 saturated carbocycles. The van der Waals surface area contributed by atoms with Crippen LogP contribution < -0.4 is 5.73 Å². The van der Waals surface area contributed by atoms with Gasteiger partial charge in [-0.2, -0.15) is 9.61 Å². The van der Waals surface area contributed by atoms with Crippen LogP contribution in [0.2, 0.25) is 0 Å². The lowest BCUT2D eigenvalue weighted by atomic mass is 9.80. The van der Waals surface area contributed by atoms with E-state index in [4.69, 9.17) is 10.7 Å². The van der Waals surface area contributed by atoms with Gasteiger partial charge in [0.15, 0.2) is 5.65 Å². The number of hydrogen-bond acceptors (Lipinski definition) is 4. The van der Waals surface area contributed by atoms with E-state index in [0.717, 1.165) is 50.7 Å². The number of carboxylic acid groups (broad SMARTS) is 1. The van der Waals surface area contributed by atoms with Gasteiger partial charge in [0.2, 0.25) is 0 Å². The Morgan fingerprint density at radius 2 is 2.03 bits per heavy atom. The number of H-pyrrole nitrogens is 1. The molecular weight excluding hydrogens is 434 g/mol. The number of hydrogen-bond donors (Lipinski definition) is 3. The SMILES string of the molecule is Nc1c(Br)c([C@H]2CC[C@H](C(=O)O)CC2)nc2c(-c3ccc4[nH]ccc4c3)cnn12. The van der Waals surface area contributed by atoms with Crippen LogP contribution in [0.1, 0.15) is 37.3 Å². The number of nitrogens with one attached hydrogen (secondary N) is 1. The lowest BCUT2D eigenvalue weighted by Crippen LogP contribution is -2.21. The molecule has 1 aromatic carbocycles. The Kier molecular flexibility index (Phi) is 4.31. The summed E-state index contributed by atoms with van der Waals surface area (Å²) in [4.78, 5) is 19.4. The van der Waals surface area contributed by atoms with E-state index in [-0.39, 0.29) is 11.8 Å². The quantitative estimate of drug-likeness (QED) is 0.420. The highest BCUT2D eigenvalue weighted by Gasteiger charge is 2.30. The summed E-state index contributed by atoms with van der Waals surface area (Å²) in [5.74, 6) is -0.269. The molecule has 0 saturated heterocycles. The summed E-state index contributed by atoms with van der Waals surface area (Å²) in [5, 5.41) is 14.9. The number of aromatic amines is 1. The molecule has 1 aliphatic carbocycles. The van der Waals surface area contributed by atoms with Gasteiger partial charge >= 0.3 is 5.97 Å². The van der Waals surface area contributed by atoms with Crippen LogP contribution in [-0.2, 0) is 4.79 Å². The second kappa shape index (κ2) is 6.88. The molecule has 4 aromatic rings. The van der Waals surface area contributed by atoms with Crippen molar-refractivity contribution in [2.45, 2.75) is 31.6 Å². The number of anilines is 1. The van der Waals surface area contributed by atoms with Gasteiger partial charge < -0.3 is 15.8 Å². The second-order valence-electron chi connectivity index (χ2n) is 7.66. The topological polar surface area (TPSA) is 109 Å². The minimum atomic E-state index is -0.705. The molecule has 8 heteroatoms. The van der Waals surface area contributed by atoms with Crippen LogP contribution in [0.5, 0.6) is 0 Å². The number of aliphatic carboxylic acids is 1. The highest BCUT2D eigenvalue weighted by Crippen LogP contribution is 2.40. The summed E-state index contributed by atoms with van der Waals surface area (Å²) in [5.41, 5.74) is 11.0. The lowest BCUT2D eigenvalue weighted by Gasteiger charge is -2.26. The molecule has 0 atom stereocenters. The Labute approximate surface area is 175 Å². The van der Waals surface area contributed by atoms with Gasteiger partial charge in [-0.3, -0.25) is 4.79 Å². The number of halogens is 1. The van der Waals surface area contributed by atoms with Crippen LogP contribution in [0.4, 0.5) is 5.82 Å². The minimum absolute atomic E-state index is 0.183. The molecule has 0 aliphatic heterocycles. The molecule has 0 unspecified atom stereocenters. The lowest BCUT2D eigenvalue weighted by molar-refractivity contribution is -0.142. The standard InChI is InChI=1S/C21H20BrN5O2/c22-17-18(11-1-3-12(4-2-11)21(28)29)26-20-15(10-25-27(20)19(17)23)13-5-6-16-14(9-13)7-8-24-16/h5-12,24H,1-4,23H2,(H,28,29)/t11-,12-. The van der Waals surface area contributed by atoms with E-state index in [1.54, 1.807) is 10.7 Å². The van der Waals surface area contributed by atoms with Crippen LogP contribution in [0, 0.1) is 5.92 Å². The van der Waals surface area contributed by atoms with Gasteiger partial charge in [0, 0.05) is 23.2 Å². The van der Waals surface area contributed by atoms with E-state index in [1.165, 1.54) is 0 Å². The number of benzene rings is 1. The molecule has 1 fully saturated rings. The fourth-order valence-corrected chi connectivity index (χ4v) is 4.90. The number of nitrogens with two attached hydrogens (primary N) is 1. The van der Waals surface area contributed by atoms with Crippen molar-refractivity contribution in [3.05, 3.63) is 46.8 Å². The van der Waals surface area contributed by atoms with Gasteiger partial charge in [0.25, 0.3) is 0 Å². The molecule has 0 spiro atoms. The molecule has 1 aliphatic rings. The van der Waals surface area contributed by atoms with Crippen LogP contribution in [0.25, 0.3) is 27.7 Å². The number of aromatic nitrogens is 4. The van der Waals surface area contributed by atoms with Crippen molar-refractivity contribution < 1.29 is 9.90 Å². The smallest absolute Gasteiger partial charge is 0.306 e. The first-order valence-corrected chi connectivity index (χ1v) is 10.4.